The molecule has 1 saturated heterocycles. The number of piperidine rings is 1. The molecule has 0 radical (unpaired) electrons. The van der Waals surface area contributed by atoms with Crippen LogP contribution in [-0.4, -0.2) is 38.3 Å². The molecule has 4 heterocycles. The SMILES string of the molecule is C/C=C(\C=N)c1cnn2c(Nc3cc(C4CCNCC4)ns3)ccnc12. The molecule has 8 heteroatoms. The van der Waals surface area contributed by atoms with Gasteiger partial charge in [-0.2, -0.15) is 14.0 Å². The number of hydrogen-bond donors (Lipinski definition) is 3. The molecular formula is C18H21N7S. The maximum Gasteiger partial charge on any atom is 0.165 e. The van der Waals surface area contributed by atoms with Crippen LogP contribution in [0.2, 0.25) is 0 Å². The van der Waals surface area contributed by atoms with Crippen molar-refractivity contribution in [1.29, 1.82) is 5.41 Å². The Balaban J connectivity index is 1.62. The van der Waals surface area contributed by atoms with Crippen LogP contribution < -0.4 is 10.6 Å². The van der Waals surface area contributed by atoms with Crippen molar-refractivity contribution < 1.29 is 0 Å². The first-order valence-electron chi connectivity index (χ1n) is 8.74. The fraction of sp³-hybridized carbons (Fsp3) is 0.333. The van der Waals surface area contributed by atoms with Crippen LogP contribution in [0, 0.1) is 5.41 Å². The average molecular weight is 367 g/mol. The number of nitrogens with one attached hydrogen (secondary N) is 3. The Hall–Kier alpha value is -2.58. The molecule has 1 aliphatic heterocycles. The second-order valence-corrected chi connectivity index (χ2v) is 7.08. The summed E-state index contributed by atoms with van der Waals surface area (Å²) in [5, 5.41) is 19.8. The highest BCUT2D eigenvalue weighted by atomic mass is 32.1. The molecule has 3 aromatic heterocycles. The topological polar surface area (TPSA) is 91.0 Å². The van der Waals surface area contributed by atoms with Crippen LogP contribution in [0.3, 0.4) is 0 Å². The Morgan fingerprint density at radius 3 is 3.04 bits per heavy atom. The van der Waals surface area contributed by atoms with Crippen molar-refractivity contribution >= 4 is 39.8 Å². The summed E-state index contributed by atoms with van der Waals surface area (Å²) in [5.74, 6) is 1.38. The summed E-state index contributed by atoms with van der Waals surface area (Å²) in [6, 6.07) is 4.04. The summed E-state index contributed by atoms with van der Waals surface area (Å²) in [7, 11) is 0. The van der Waals surface area contributed by atoms with Gasteiger partial charge >= 0.3 is 0 Å². The van der Waals surface area contributed by atoms with Crippen molar-refractivity contribution in [3.8, 4) is 0 Å². The van der Waals surface area contributed by atoms with Crippen LogP contribution in [0.1, 0.15) is 36.9 Å². The van der Waals surface area contributed by atoms with Gasteiger partial charge < -0.3 is 16.0 Å². The van der Waals surface area contributed by atoms with Crippen molar-refractivity contribution in [1.82, 2.24) is 24.3 Å². The minimum atomic E-state index is 0.543. The van der Waals surface area contributed by atoms with E-state index in [1.807, 2.05) is 19.1 Å². The summed E-state index contributed by atoms with van der Waals surface area (Å²) >= 11 is 1.48. The summed E-state index contributed by atoms with van der Waals surface area (Å²) in [6.45, 7) is 4.03. The van der Waals surface area contributed by atoms with Gasteiger partial charge in [-0.25, -0.2) is 4.98 Å². The lowest BCUT2D eigenvalue weighted by Gasteiger charge is -2.20. The van der Waals surface area contributed by atoms with Crippen molar-refractivity contribution in [2.45, 2.75) is 25.7 Å². The minimum Gasteiger partial charge on any atom is -0.331 e. The molecular weight excluding hydrogens is 346 g/mol. The zero-order chi connectivity index (χ0) is 17.9. The first-order valence-corrected chi connectivity index (χ1v) is 9.51. The predicted octanol–water partition coefficient (Wildman–Crippen LogP) is 3.45. The zero-order valence-electron chi connectivity index (χ0n) is 14.6. The molecule has 1 aliphatic rings. The van der Waals surface area contributed by atoms with Gasteiger partial charge in [0.1, 0.15) is 10.8 Å². The standard InChI is InChI=1S/C18H21N7S/c1-2-12(10-19)14-11-22-25-16(5-8-21-18(14)25)23-17-9-15(24-26-17)13-3-6-20-7-4-13/h2,5,8-11,13,19-20,23H,3-4,6-7H2,1H3/b12-2+,19-10?. The number of anilines is 2. The molecule has 3 aromatic rings. The van der Waals surface area contributed by atoms with E-state index in [0.717, 1.165) is 53.5 Å². The van der Waals surface area contributed by atoms with Crippen LogP contribution in [0.15, 0.2) is 30.6 Å². The number of allylic oxidation sites excluding steroid dienone is 2. The van der Waals surface area contributed by atoms with Crippen LogP contribution in [0.5, 0.6) is 0 Å². The molecule has 1 fully saturated rings. The van der Waals surface area contributed by atoms with Gasteiger partial charge in [-0.05, 0) is 56.5 Å². The third kappa shape index (κ3) is 3.13. The van der Waals surface area contributed by atoms with Crippen molar-refractivity contribution in [2.24, 2.45) is 0 Å². The monoisotopic (exact) mass is 367 g/mol. The highest BCUT2D eigenvalue weighted by molar-refractivity contribution is 7.10. The molecule has 0 amide bonds. The summed E-state index contributed by atoms with van der Waals surface area (Å²) in [6.07, 6.45) is 9.01. The van der Waals surface area contributed by atoms with Crippen LogP contribution >= 0.6 is 11.5 Å². The minimum absolute atomic E-state index is 0.543. The maximum absolute atomic E-state index is 7.56. The Morgan fingerprint density at radius 2 is 2.27 bits per heavy atom. The van der Waals surface area contributed by atoms with Crippen molar-refractivity contribution in [3.05, 3.63) is 41.9 Å². The molecule has 0 atom stereocenters. The van der Waals surface area contributed by atoms with Crippen LogP contribution in [0.4, 0.5) is 10.8 Å². The molecule has 0 bridgehead atoms. The Labute approximate surface area is 155 Å². The first kappa shape index (κ1) is 16.9. The summed E-state index contributed by atoms with van der Waals surface area (Å²) in [4.78, 5) is 4.44. The lowest BCUT2D eigenvalue weighted by atomic mass is 9.95. The molecule has 26 heavy (non-hydrogen) atoms. The van der Waals surface area contributed by atoms with Gasteiger partial charge in [0.15, 0.2) is 5.65 Å². The number of rotatable bonds is 5. The molecule has 0 aromatic carbocycles. The number of nitrogens with zero attached hydrogens (tertiary/aromatic N) is 4. The normalized spacial score (nSPS) is 16.1. The maximum atomic E-state index is 7.56. The van der Waals surface area contributed by atoms with E-state index in [-0.39, 0.29) is 0 Å². The molecule has 3 N–H and O–H groups in total. The zero-order valence-corrected chi connectivity index (χ0v) is 15.4. The van der Waals surface area contributed by atoms with E-state index in [4.69, 9.17) is 5.41 Å². The van der Waals surface area contributed by atoms with E-state index >= 15 is 0 Å². The highest BCUT2D eigenvalue weighted by Gasteiger charge is 2.18. The number of aromatic nitrogens is 4. The third-order valence-electron chi connectivity index (χ3n) is 4.72. The van der Waals surface area contributed by atoms with E-state index in [2.05, 4.69) is 31.2 Å². The van der Waals surface area contributed by atoms with Gasteiger partial charge in [0, 0.05) is 29.5 Å². The molecule has 0 unspecified atom stereocenters. The first-order chi connectivity index (χ1) is 12.8. The predicted molar refractivity (Wildman–Crippen MR) is 106 cm³/mol. The highest BCUT2D eigenvalue weighted by Crippen LogP contribution is 2.30. The van der Waals surface area contributed by atoms with Gasteiger partial charge in [0.2, 0.25) is 0 Å². The Kier molecular flexibility index (Phi) is 4.77. The molecule has 0 saturated carbocycles. The summed E-state index contributed by atoms with van der Waals surface area (Å²) in [5.41, 5.74) is 3.56. The molecule has 0 aliphatic carbocycles. The third-order valence-corrected chi connectivity index (χ3v) is 5.43. The van der Waals surface area contributed by atoms with Crippen molar-refractivity contribution in [3.63, 3.8) is 0 Å². The van der Waals surface area contributed by atoms with Crippen LogP contribution in [0.25, 0.3) is 11.2 Å². The van der Waals surface area contributed by atoms with Gasteiger partial charge in [-0.15, -0.1) is 0 Å². The second kappa shape index (κ2) is 7.35. The van der Waals surface area contributed by atoms with E-state index in [9.17, 15) is 0 Å². The lowest BCUT2D eigenvalue weighted by Crippen LogP contribution is -2.26. The van der Waals surface area contributed by atoms with E-state index in [1.165, 1.54) is 23.4 Å². The number of fused-ring (bicyclic) bond motifs is 1. The molecule has 0 spiro atoms. The Morgan fingerprint density at radius 1 is 1.42 bits per heavy atom. The van der Waals surface area contributed by atoms with Gasteiger partial charge in [0.05, 0.1) is 11.9 Å². The molecule has 134 valence electrons. The van der Waals surface area contributed by atoms with Gasteiger partial charge in [-0.1, -0.05) is 6.08 Å². The quantitative estimate of drug-likeness (QED) is 0.601. The second-order valence-electron chi connectivity index (χ2n) is 6.28. The Bertz CT molecular complexity index is 950. The fourth-order valence-electron chi connectivity index (χ4n) is 3.29. The smallest absolute Gasteiger partial charge is 0.165 e. The van der Waals surface area contributed by atoms with E-state index in [0.29, 0.717) is 5.92 Å². The summed E-state index contributed by atoms with van der Waals surface area (Å²) < 4.78 is 6.41. The van der Waals surface area contributed by atoms with Crippen LogP contribution in [-0.2, 0) is 0 Å². The molecule has 7 nitrogen and oxygen atoms in total. The largest absolute Gasteiger partial charge is 0.331 e. The average Bonchev–Trinajstić information content (AvgIpc) is 3.32. The van der Waals surface area contributed by atoms with Crippen molar-refractivity contribution in [2.75, 3.05) is 18.4 Å². The number of hydrogen-bond acceptors (Lipinski definition) is 7. The fourth-order valence-corrected chi connectivity index (χ4v) is 4.02. The lowest BCUT2D eigenvalue weighted by molar-refractivity contribution is 0.455. The molecule has 4 rings (SSSR count). The van der Waals surface area contributed by atoms with E-state index < -0.39 is 0 Å². The van der Waals surface area contributed by atoms with Gasteiger partial charge in [-0.3, -0.25) is 0 Å². The van der Waals surface area contributed by atoms with E-state index in [1.54, 1.807) is 16.9 Å². The van der Waals surface area contributed by atoms with Gasteiger partial charge in [0.25, 0.3) is 0 Å².